The van der Waals surface area contributed by atoms with E-state index in [1.165, 1.54) is 0 Å². The number of amides is 1. The number of methoxy groups -OCH3 is 1. The lowest BCUT2D eigenvalue weighted by Gasteiger charge is -2.11. The number of nitrogens with one attached hydrogen (secondary N) is 1. The Morgan fingerprint density at radius 2 is 1.86 bits per heavy atom. The molecule has 0 aliphatic rings. The van der Waals surface area contributed by atoms with Crippen LogP contribution in [0.1, 0.15) is 23.1 Å². The highest BCUT2D eigenvalue weighted by molar-refractivity contribution is 6.34. The molecule has 3 nitrogen and oxygen atoms in total. The SMILES string of the molecule is COc1ccc(CCC(=O)Nc2c(C)cc(C)cc2Cl)cc1. The van der Waals surface area contributed by atoms with Crippen LogP contribution in [0.3, 0.4) is 0 Å². The molecule has 1 N–H and O–H groups in total. The molecule has 0 atom stereocenters. The second-order valence-corrected chi connectivity index (χ2v) is 5.74. The van der Waals surface area contributed by atoms with Crippen molar-refractivity contribution in [2.45, 2.75) is 26.7 Å². The number of benzene rings is 2. The van der Waals surface area contributed by atoms with E-state index >= 15 is 0 Å². The monoisotopic (exact) mass is 317 g/mol. The molecule has 0 aliphatic heterocycles. The summed E-state index contributed by atoms with van der Waals surface area (Å²) in [6.45, 7) is 3.92. The molecule has 0 radical (unpaired) electrons. The quantitative estimate of drug-likeness (QED) is 0.879. The van der Waals surface area contributed by atoms with Gasteiger partial charge in [-0.05, 0) is 55.2 Å². The Morgan fingerprint density at radius 1 is 1.18 bits per heavy atom. The number of hydrogen-bond acceptors (Lipinski definition) is 2. The fraction of sp³-hybridized carbons (Fsp3) is 0.278. The van der Waals surface area contributed by atoms with Gasteiger partial charge in [-0.3, -0.25) is 4.79 Å². The molecule has 0 aromatic heterocycles. The predicted octanol–water partition coefficient (Wildman–Crippen LogP) is 4.54. The molecule has 0 aliphatic carbocycles. The third-order valence-electron chi connectivity index (χ3n) is 3.50. The molecule has 0 saturated carbocycles. The molecule has 22 heavy (non-hydrogen) atoms. The Balaban J connectivity index is 1.95. The summed E-state index contributed by atoms with van der Waals surface area (Å²) in [6, 6.07) is 11.6. The first-order chi connectivity index (χ1) is 10.5. The molecule has 0 bridgehead atoms. The molecule has 2 aromatic rings. The van der Waals surface area contributed by atoms with Crippen molar-refractivity contribution in [2.24, 2.45) is 0 Å². The average Bonchev–Trinajstić information content (AvgIpc) is 2.49. The van der Waals surface area contributed by atoms with Gasteiger partial charge in [-0.1, -0.05) is 29.8 Å². The van der Waals surface area contributed by atoms with E-state index in [1.54, 1.807) is 7.11 Å². The van der Waals surface area contributed by atoms with Gasteiger partial charge >= 0.3 is 0 Å². The van der Waals surface area contributed by atoms with Crippen LogP contribution in [0.25, 0.3) is 0 Å². The van der Waals surface area contributed by atoms with Gasteiger partial charge in [0.2, 0.25) is 5.91 Å². The number of anilines is 1. The third kappa shape index (κ3) is 4.25. The van der Waals surface area contributed by atoms with Gasteiger partial charge in [0.25, 0.3) is 0 Å². The maximum Gasteiger partial charge on any atom is 0.224 e. The van der Waals surface area contributed by atoms with Crippen LogP contribution in [0.4, 0.5) is 5.69 Å². The lowest BCUT2D eigenvalue weighted by Crippen LogP contribution is -2.13. The minimum Gasteiger partial charge on any atom is -0.497 e. The largest absolute Gasteiger partial charge is 0.497 e. The van der Waals surface area contributed by atoms with E-state index in [4.69, 9.17) is 16.3 Å². The van der Waals surface area contributed by atoms with Crippen molar-refractivity contribution >= 4 is 23.2 Å². The highest BCUT2D eigenvalue weighted by Crippen LogP contribution is 2.27. The van der Waals surface area contributed by atoms with E-state index in [0.717, 1.165) is 22.4 Å². The maximum absolute atomic E-state index is 12.1. The maximum atomic E-state index is 12.1. The summed E-state index contributed by atoms with van der Waals surface area (Å²) >= 11 is 6.20. The summed E-state index contributed by atoms with van der Waals surface area (Å²) in [7, 11) is 1.64. The first kappa shape index (κ1) is 16.4. The summed E-state index contributed by atoms with van der Waals surface area (Å²) in [5, 5.41) is 3.48. The van der Waals surface area contributed by atoms with E-state index in [9.17, 15) is 4.79 Å². The molecule has 2 aromatic carbocycles. The first-order valence-electron chi connectivity index (χ1n) is 7.19. The molecule has 4 heteroatoms. The number of hydrogen-bond donors (Lipinski definition) is 1. The summed E-state index contributed by atoms with van der Waals surface area (Å²) in [4.78, 5) is 12.1. The normalized spacial score (nSPS) is 10.4. The summed E-state index contributed by atoms with van der Waals surface area (Å²) < 4.78 is 5.12. The van der Waals surface area contributed by atoms with Crippen LogP contribution < -0.4 is 10.1 Å². The number of ether oxygens (including phenoxy) is 1. The van der Waals surface area contributed by atoms with E-state index in [-0.39, 0.29) is 5.91 Å². The Morgan fingerprint density at radius 3 is 2.45 bits per heavy atom. The van der Waals surface area contributed by atoms with Gasteiger partial charge in [0.1, 0.15) is 5.75 Å². The summed E-state index contributed by atoms with van der Waals surface area (Å²) in [5.74, 6) is 0.778. The standard InChI is InChI=1S/C18H20ClNO2/c1-12-10-13(2)18(16(19)11-12)20-17(21)9-6-14-4-7-15(22-3)8-5-14/h4-5,7-8,10-11H,6,9H2,1-3H3,(H,20,21). The van der Waals surface area contributed by atoms with E-state index in [2.05, 4.69) is 5.32 Å². The number of rotatable bonds is 5. The van der Waals surface area contributed by atoms with Crippen molar-refractivity contribution in [3.63, 3.8) is 0 Å². The molecule has 1 amide bonds. The second kappa shape index (κ2) is 7.32. The van der Waals surface area contributed by atoms with Gasteiger partial charge in [0.05, 0.1) is 17.8 Å². The van der Waals surface area contributed by atoms with Gasteiger partial charge in [-0.2, -0.15) is 0 Å². The van der Waals surface area contributed by atoms with Crippen molar-refractivity contribution in [2.75, 3.05) is 12.4 Å². The minimum atomic E-state index is -0.0373. The lowest BCUT2D eigenvalue weighted by atomic mass is 10.1. The third-order valence-corrected chi connectivity index (χ3v) is 3.79. The van der Waals surface area contributed by atoms with Crippen molar-refractivity contribution in [1.29, 1.82) is 0 Å². The van der Waals surface area contributed by atoms with Gasteiger partial charge in [0, 0.05) is 6.42 Å². The zero-order valence-corrected chi connectivity index (χ0v) is 13.8. The lowest BCUT2D eigenvalue weighted by molar-refractivity contribution is -0.116. The molecule has 0 heterocycles. The number of carbonyl (C=O) groups is 1. The summed E-state index contributed by atoms with van der Waals surface area (Å²) in [6.07, 6.45) is 1.09. The van der Waals surface area contributed by atoms with Crippen molar-refractivity contribution < 1.29 is 9.53 Å². The van der Waals surface area contributed by atoms with E-state index in [0.29, 0.717) is 23.6 Å². The van der Waals surface area contributed by atoms with Gasteiger partial charge in [-0.25, -0.2) is 0 Å². The fourth-order valence-electron chi connectivity index (χ4n) is 2.33. The van der Waals surface area contributed by atoms with Crippen LogP contribution >= 0.6 is 11.6 Å². The van der Waals surface area contributed by atoms with Crippen LogP contribution in [0.5, 0.6) is 5.75 Å². The minimum absolute atomic E-state index is 0.0373. The van der Waals surface area contributed by atoms with Gasteiger partial charge in [0.15, 0.2) is 0 Å². The smallest absolute Gasteiger partial charge is 0.224 e. The van der Waals surface area contributed by atoms with Crippen molar-refractivity contribution in [3.8, 4) is 5.75 Å². The van der Waals surface area contributed by atoms with Crippen LogP contribution in [0, 0.1) is 13.8 Å². The molecule has 116 valence electrons. The molecule has 0 unspecified atom stereocenters. The summed E-state index contributed by atoms with van der Waals surface area (Å²) in [5.41, 5.74) is 3.86. The fourth-order valence-corrected chi connectivity index (χ4v) is 2.69. The molecule has 2 rings (SSSR count). The van der Waals surface area contributed by atoms with E-state index in [1.807, 2.05) is 50.2 Å². The van der Waals surface area contributed by atoms with Crippen LogP contribution in [-0.2, 0) is 11.2 Å². The van der Waals surface area contributed by atoms with Crippen molar-refractivity contribution in [1.82, 2.24) is 0 Å². The highest BCUT2D eigenvalue weighted by Gasteiger charge is 2.09. The van der Waals surface area contributed by atoms with Gasteiger partial charge < -0.3 is 10.1 Å². The number of carbonyl (C=O) groups excluding carboxylic acids is 1. The van der Waals surface area contributed by atoms with Crippen LogP contribution in [-0.4, -0.2) is 13.0 Å². The number of halogens is 1. The molecule has 0 fully saturated rings. The zero-order chi connectivity index (χ0) is 16.1. The second-order valence-electron chi connectivity index (χ2n) is 5.33. The molecule has 0 spiro atoms. The van der Waals surface area contributed by atoms with Gasteiger partial charge in [-0.15, -0.1) is 0 Å². The average molecular weight is 318 g/mol. The Labute approximate surface area is 136 Å². The predicted molar refractivity (Wildman–Crippen MR) is 90.9 cm³/mol. The Hall–Kier alpha value is -2.00. The van der Waals surface area contributed by atoms with Crippen LogP contribution in [0.2, 0.25) is 5.02 Å². The highest BCUT2D eigenvalue weighted by atomic mass is 35.5. The first-order valence-corrected chi connectivity index (χ1v) is 7.57. The Bertz CT molecular complexity index is 642. The number of aryl methyl sites for hydroxylation is 3. The van der Waals surface area contributed by atoms with Crippen molar-refractivity contribution in [3.05, 3.63) is 58.1 Å². The molecular weight excluding hydrogens is 298 g/mol. The van der Waals surface area contributed by atoms with E-state index < -0.39 is 0 Å². The molecule has 0 saturated heterocycles. The topological polar surface area (TPSA) is 38.3 Å². The zero-order valence-electron chi connectivity index (χ0n) is 13.1. The Kier molecular flexibility index (Phi) is 5.45. The van der Waals surface area contributed by atoms with Crippen LogP contribution in [0.15, 0.2) is 36.4 Å². The molecular formula is C18H20ClNO2.